The van der Waals surface area contributed by atoms with Crippen LogP contribution in [0, 0.1) is 0 Å². The molecule has 0 radical (unpaired) electrons. The molecule has 1 aromatic carbocycles. The van der Waals surface area contributed by atoms with Gasteiger partial charge in [0.1, 0.15) is 0 Å². The molecule has 0 aromatic heterocycles. The maximum absolute atomic E-state index is 12.6. The Hall–Kier alpha value is -2.57. The Kier molecular flexibility index (Phi) is 4.53. The fraction of sp³-hybridized carbons (Fsp3) is 0.526. The van der Waals surface area contributed by atoms with Gasteiger partial charge in [-0.05, 0) is 18.4 Å². The highest BCUT2D eigenvalue weighted by atomic mass is 16.2. The number of hydrogen-bond acceptors (Lipinski definition) is 5. The monoisotopic (exact) mass is 355 g/mol. The molecule has 7 heteroatoms. The largest absolute Gasteiger partial charge is 0.343 e. The molecule has 2 fully saturated rings. The van der Waals surface area contributed by atoms with Gasteiger partial charge in [-0.3, -0.25) is 10.1 Å². The van der Waals surface area contributed by atoms with Crippen LogP contribution in [0.25, 0.3) is 0 Å². The van der Waals surface area contributed by atoms with E-state index in [1.165, 1.54) is 17.7 Å². The Morgan fingerprint density at radius 2 is 1.77 bits per heavy atom. The van der Waals surface area contributed by atoms with E-state index in [0.717, 1.165) is 37.5 Å². The summed E-state index contributed by atoms with van der Waals surface area (Å²) >= 11 is 0. The van der Waals surface area contributed by atoms with Crippen LogP contribution in [0.2, 0.25) is 0 Å². The van der Waals surface area contributed by atoms with Crippen LogP contribution in [0.5, 0.6) is 0 Å². The molecular formula is C19H25N5O2. The highest BCUT2D eigenvalue weighted by molar-refractivity contribution is 6.03. The molecule has 2 atom stereocenters. The number of nitrogens with zero attached hydrogens (tertiary/aromatic N) is 4. The zero-order valence-corrected chi connectivity index (χ0v) is 15.1. The number of rotatable bonds is 2. The fourth-order valence-electron chi connectivity index (χ4n) is 3.99. The molecule has 3 aliphatic rings. The lowest BCUT2D eigenvalue weighted by molar-refractivity contribution is -0.127. The molecular weight excluding hydrogens is 330 g/mol. The van der Waals surface area contributed by atoms with Crippen molar-refractivity contribution < 1.29 is 9.59 Å². The summed E-state index contributed by atoms with van der Waals surface area (Å²) in [6.45, 7) is 2.50. The van der Waals surface area contributed by atoms with Crippen LogP contribution in [0.15, 0.2) is 35.3 Å². The van der Waals surface area contributed by atoms with E-state index in [-0.39, 0.29) is 11.9 Å². The first-order valence-corrected chi connectivity index (χ1v) is 9.36. The highest BCUT2D eigenvalue weighted by Crippen LogP contribution is 2.28. The van der Waals surface area contributed by atoms with Crippen molar-refractivity contribution >= 4 is 17.9 Å². The van der Waals surface area contributed by atoms with Gasteiger partial charge in [0, 0.05) is 26.7 Å². The number of amides is 3. The zero-order chi connectivity index (χ0) is 18.1. The smallest absolute Gasteiger partial charge is 0.325 e. The third-order valence-electron chi connectivity index (χ3n) is 5.42. The third kappa shape index (κ3) is 3.02. The molecule has 0 saturated carbocycles. The maximum Gasteiger partial charge on any atom is 0.325 e. The Morgan fingerprint density at radius 3 is 2.46 bits per heavy atom. The predicted octanol–water partition coefficient (Wildman–Crippen LogP) is 1.61. The van der Waals surface area contributed by atoms with Crippen molar-refractivity contribution in [3.63, 3.8) is 0 Å². The number of imide groups is 1. The molecule has 1 N–H and O–H groups in total. The number of likely N-dealkylation sites (N-methyl/N-ethyl adjacent to an activating group) is 1. The first-order chi connectivity index (χ1) is 12.6. The number of benzene rings is 1. The van der Waals surface area contributed by atoms with Gasteiger partial charge in [0.2, 0.25) is 0 Å². The summed E-state index contributed by atoms with van der Waals surface area (Å²) in [5.74, 6) is 0.588. The number of fused-ring (bicyclic) bond motifs is 1. The minimum atomic E-state index is -0.476. The zero-order valence-electron chi connectivity index (χ0n) is 15.1. The molecule has 2 saturated heterocycles. The molecule has 26 heavy (non-hydrogen) atoms. The van der Waals surface area contributed by atoms with E-state index >= 15 is 0 Å². The second-order valence-electron chi connectivity index (χ2n) is 7.21. The quantitative estimate of drug-likeness (QED) is 0.875. The van der Waals surface area contributed by atoms with E-state index in [1.807, 2.05) is 18.2 Å². The van der Waals surface area contributed by atoms with Crippen molar-refractivity contribution in [3.05, 3.63) is 35.9 Å². The lowest BCUT2D eigenvalue weighted by atomic mass is 10.1. The number of aliphatic imine (C=N–C) groups is 1. The van der Waals surface area contributed by atoms with Gasteiger partial charge in [0.05, 0.1) is 0 Å². The van der Waals surface area contributed by atoms with Crippen LogP contribution in [0.4, 0.5) is 4.79 Å². The summed E-state index contributed by atoms with van der Waals surface area (Å²) in [6, 6.07) is 9.25. The first-order valence-electron chi connectivity index (χ1n) is 9.36. The normalized spacial score (nSPS) is 26.3. The minimum absolute atomic E-state index is 0.261. The standard InChI is InChI=1S/C19H25N5O2/c1-22-16-15(17(25)21-19(22)26)24(13-14-9-5-4-6-10-14)18(20-16)23-11-7-2-3-8-12-23/h4-6,9-10,15-16H,2-3,7-8,11-13H2,1H3,(H,21,25,26). The van der Waals surface area contributed by atoms with E-state index in [0.29, 0.717) is 6.54 Å². The Labute approximate surface area is 153 Å². The van der Waals surface area contributed by atoms with Crippen molar-refractivity contribution in [3.8, 4) is 0 Å². The summed E-state index contributed by atoms with van der Waals surface area (Å²) in [5, 5.41) is 2.47. The summed E-state index contributed by atoms with van der Waals surface area (Å²) in [7, 11) is 1.70. The number of nitrogens with one attached hydrogen (secondary N) is 1. The topological polar surface area (TPSA) is 68.2 Å². The lowest BCUT2D eigenvalue weighted by Crippen LogP contribution is -2.64. The van der Waals surface area contributed by atoms with Gasteiger partial charge in [0.25, 0.3) is 5.91 Å². The highest BCUT2D eigenvalue weighted by Gasteiger charge is 2.49. The van der Waals surface area contributed by atoms with Crippen LogP contribution in [-0.2, 0) is 11.3 Å². The van der Waals surface area contributed by atoms with Gasteiger partial charge >= 0.3 is 6.03 Å². The number of carbonyl (C=O) groups is 2. The Bertz CT molecular complexity index is 712. The fourth-order valence-corrected chi connectivity index (χ4v) is 3.99. The second-order valence-corrected chi connectivity index (χ2v) is 7.21. The predicted molar refractivity (Wildman–Crippen MR) is 98.3 cm³/mol. The molecule has 4 rings (SSSR count). The molecule has 7 nitrogen and oxygen atoms in total. The minimum Gasteiger partial charge on any atom is -0.343 e. The number of carbonyl (C=O) groups excluding carboxylic acids is 2. The van der Waals surface area contributed by atoms with Gasteiger partial charge in [-0.15, -0.1) is 0 Å². The molecule has 0 bridgehead atoms. The van der Waals surface area contributed by atoms with Gasteiger partial charge in [-0.2, -0.15) is 0 Å². The van der Waals surface area contributed by atoms with Gasteiger partial charge in [0.15, 0.2) is 18.2 Å². The summed E-state index contributed by atoms with van der Waals surface area (Å²) in [6.07, 6.45) is 4.27. The Morgan fingerprint density at radius 1 is 1.08 bits per heavy atom. The first kappa shape index (κ1) is 16.9. The molecule has 138 valence electrons. The van der Waals surface area contributed by atoms with Gasteiger partial charge < -0.3 is 14.7 Å². The van der Waals surface area contributed by atoms with Gasteiger partial charge in [-0.1, -0.05) is 43.2 Å². The number of hydrogen-bond donors (Lipinski definition) is 1. The van der Waals surface area contributed by atoms with Crippen LogP contribution in [0.3, 0.4) is 0 Å². The van der Waals surface area contributed by atoms with E-state index in [1.54, 1.807) is 7.05 Å². The summed E-state index contributed by atoms with van der Waals surface area (Å²) in [4.78, 5) is 35.4. The summed E-state index contributed by atoms with van der Waals surface area (Å²) < 4.78 is 0. The third-order valence-corrected chi connectivity index (χ3v) is 5.42. The molecule has 0 aliphatic carbocycles. The molecule has 2 unspecified atom stereocenters. The van der Waals surface area contributed by atoms with Crippen LogP contribution in [-0.4, -0.2) is 64.9 Å². The molecule has 0 spiro atoms. The molecule has 3 amide bonds. The van der Waals surface area contributed by atoms with Gasteiger partial charge in [-0.25, -0.2) is 9.79 Å². The number of urea groups is 1. The molecule has 1 aromatic rings. The average molecular weight is 355 g/mol. The summed E-state index contributed by atoms with van der Waals surface area (Å²) in [5.41, 5.74) is 1.13. The van der Waals surface area contributed by atoms with Crippen molar-refractivity contribution in [1.29, 1.82) is 0 Å². The Balaban J connectivity index is 1.67. The van der Waals surface area contributed by atoms with E-state index < -0.39 is 12.2 Å². The average Bonchev–Trinajstić information content (AvgIpc) is 2.82. The van der Waals surface area contributed by atoms with Crippen molar-refractivity contribution in [2.75, 3.05) is 20.1 Å². The molecule has 3 heterocycles. The van der Waals surface area contributed by atoms with Crippen LogP contribution in [0.1, 0.15) is 31.2 Å². The van der Waals surface area contributed by atoms with Crippen molar-refractivity contribution in [1.82, 2.24) is 20.0 Å². The SMILES string of the molecule is CN1C(=O)NC(=O)C2C1N=C(N1CCCCCC1)N2Cc1ccccc1. The van der Waals surface area contributed by atoms with E-state index in [4.69, 9.17) is 4.99 Å². The van der Waals surface area contributed by atoms with Crippen LogP contribution < -0.4 is 5.32 Å². The second kappa shape index (κ2) is 6.97. The number of likely N-dealkylation sites (tertiary alicyclic amines) is 1. The maximum atomic E-state index is 12.6. The van der Waals surface area contributed by atoms with Crippen molar-refractivity contribution in [2.24, 2.45) is 4.99 Å². The lowest BCUT2D eigenvalue weighted by Gasteiger charge is -2.37. The van der Waals surface area contributed by atoms with E-state index in [9.17, 15) is 9.59 Å². The number of guanidine groups is 1. The molecule has 3 aliphatic heterocycles. The van der Waals surface area contributed by atoms with Crippen LogP contribution >= 0.6 is 0 Å². The van der Waals surface area contributed by atoms with Crippen molar-refractivity contribution in [2.45, 2.75) is 44.4 Å². The van der Waals surface area contributed by atoms with E-state index in [2.05, 4.69) is 27.2 Å².